The molecule has 0 saturated carbocycles. The number of hydrogen-bond donors (Lipinski definition) is 1. The average molecular weight is 316 g/mol. The van der Waals surface area contributed by atoms with Crippen molar-refractivity contribution in [2.45, 2.75) is 19.9 Å². The minimum atomic E-state index is -0.125. The summed E-state index contributed by atoms with van der Waals surface area (Å²) in [5, 5.41) is 4.86. The largest absolute Gasteiger partial charge is 0.324 e. The normalized spacial score (nSPS) is 12.2. The Morgan fingerprint density at radius 2 is 1.95 bits per heavy atom. The van der Waals surface area contributed by atoms with E-state index >= 15 is 0 Å². The molecule has 2 rings (SSSR count). The third kappa shape index (κ3) is 4.02. The average Bonchev–Trinajstić information content (AvgIpc) is 3.00. The van der Waals surface area contributed by atoms with Crippen LogP contribution >= 0.6 is 11.3 Å². The molecule has 0 saturated heterocycles. The Hall–Kier alpha value is -1.98. The zero-order valence-electron chi connectivity index (χ0n) is 13.0. The number of nitrogens with one attached hydrogen (secondary N) is 1. The molecule has 0 spiro atoms. The first-order chi connectivity index (χ1) is 10.5. The Bertz CT molecular complexity index is 652. The monoisotopic (exact) mass is 316 g/mol. The summed E-state index contributed by atoms with van der Waals surface area (Å²) in [5.41, 5.74) is 1.10. The Morgan fingerprint density at radius 1 is 1.23 bits per heavy atom. The summed E-state index contributed by atoms with van der Waals surface area (Å²) in [6.45, 7) is 3.84. The first-order valence-corrected chi connectivity index (χ1v) is 8.00. The number of rotatable bonds is 6. The molecule has 5 heteroatoms. The molecule has 1 aromatic carbocycles. The third-order valence-corrected chi connectivity index (χ3v) is 4.63. The van der Waals surface area contributed by atoms with Crippen LogP contribution in [0.15, 0.2) is 41.8 Å². The molecule has 116 valence electrons. The van der Waals surface area contributed by atoms with Crippen LogP contribution in [-0.2, 0) is 4.79 Å². The van der Waals surface area contributed by atoms with Crippen LogP contribution in [0.2, 0.25) is 0 Å². The Balaban J connectivity index is 2.00. The van der Waals surface area contributed by atoms with Gasteiger partial charge in [-0.2, -0.15) is 0 Å². The van der Waals surface area contributed by atoms with Crippen LogP contribution < -0.4 is 5.32 Å². The summed E-state index contributed by atoms with van der Waals surface area (Å²) in [6, 6.07) is 11.3. The SMILES string of the molecule is CC(=O)c1ccccc1NC(=O)CN(C)C(C)c1cccs1. The molecule has 1 aromatic heterocycles. The topological polar surface area (TPSA) is 49.4 Å². The summed E-state index contributed by atoms with van der Waals surface area (Å²) >= 11 is 1.68. The Labute approximate surface area is 134 Å². The highest BCUT2D eigenvalue weighted by Gasteiger charge is 2.16. The van der Waals surface area contributed by atoms with Gasteiger partial charge in [-0.1, -0.05) is 18.2 Å². The molecule has 1 heterocycles. The second-order valence-corrected chi connectivity index (χ2v) is 6.24. The van der Waals surface area contributed by atoms with E-state index in [2.05, 4.69) is 18.3 Å². The van der Waals surface area contributed by atoms with E-state index < -0.39 is 0 Å². The second kappa shape index (κ2) is 7.33. The number of anilines is 1. The Kier molecular flexibility index (Phi) is 5.46. The number of hydrogen-bond acceptors (Lipinski definition) is 4. The summed E-state index contributed by atoms with van der Waals surface area (Å²) in [5.74, 6) is -0.184. The van der Waals surface area contributed by atoms with Crippen molar-refractivity contribution in [3.05, 3.63) is 52.2 Å². The standard InChI is InChI=1S/C17H20N2O2S/c1-12(16-9-6-10-22-16)19(3)11-17(21)18-15-8-5-4-7-14(15)13(2)20/h4-10,12H,11H2,1-3H3,(H,18,21). The van der Waals surface area contributed by atoms with Crippen molar-refractivity contribution in [3.8, 4) is 0 Å². The fraction of sp³-hybridized carbons (Fsp3) is 0.294. The van der Waals surface area contributed by atoms with E-state index in [1.165, 1.54) is 11.8 Å². The fourth-order valence-electron chi connectivity index (χ4n) is 2.20. The van der Waals surface area contributed by atoms with Crippen LogP contribution in [-0.4, -0.2) is 30.2 Å². The number of thiophene rings is 1. The van der Waals surface area contributed by atoms with Crippen LogP contribution in [0.4, 0.5) is 5.69 Å². The van der Waals surface area contributed by atoms with Gasteiger partial charge in [-0.3, -0.25) is 14.5 Å². The molecule has 1 amide bonds. The fourth-order valence-corrected chi connectivity index (χ4v) is 3.05. The third-order valence-electron chi connectivity index (χ3n) is 3.59. The number of Topliss-reactive ketones (excluding diaryl/α,β-unsaturated/α-hetero) is 1. The van der Waals surface area contributed by atoms with Crippen LogP contribution in [0.3, 0.4) is 0 Å². The molecule has 0 aliphatic carbocycles. The predicted molar refractivity (Wildman–Crippen MR) is 90.4 cm³/mol. The molecule has 4 nitrogen and oxygen atoms in total. The molecular formula is C17H20N2O2S. The summed E-state index contributed by atoms with van der Waals surface area (Å²) < 4.78 is 0. The number of carbonyl (C=O) groups is 2. The molecule has 1 N–H and O–H groups in total. The van der Waals surface area contributed by atoms with Crippen molar-refractivity contribution in [1.29, 1.82) is 0 Å². The van der Waals surface area contributed by atoms with Crippen molar-refractivity contribution in [3.63, 3.8) is 0 Å². The van der Waals surface area contributed by atoms with Crippen LogP contribution in [0.25, 0.3) is 0 Å². The van der Waals surface area contributed by atoms with Crippen molar-refractivity contribution in [2.24, 2.45) is 0 Å². The van der Waals surface area contributed by atoms with E-state index in [1.807, 2.05) is 23.4 Å². The lowest BCUT2D eigenvalue weighted by Gasteiger charge is -2.23. The molecular weight excluding hydrogens is 296 g/mol. The van der Waals surface area contributed by atoms with Crippen LogP contribution in [0, 0.1) is 0 Å². The molecule has 1 atom stereocenters. The van der Waals surface area contributed by atoms with Gasteiger partial charge in [0.15, 0.2) is 5.78 Å². The summed E-state index contributed by atoms with van der Waals surface area (Å²) in [4.78, 5) is 27.0. The lowest BCUT2D eigenvalue weighted by atomic mass is 10.1. The number of carbonyl (C=O) groups excluding carboxylic acids is 2. The number of para-hydroxylation sites is 1. The maximum absolute atomic E-state index is 12.2. The van der Waals surface area contributed by atoms with E-state index in [0.29, 0.717) is 11.3 Å². The first kappa shape index (κ1) is 16.4. The lowest BCUT2D eigenvalue weighted by Crippen LogP contribution is -2.32. The maximum atomic E-state index is 12.2. The predicted octanol–water partition coefficient (Wildman–Crippen LogP) is 3.58. The molecule has 0 aliphatic rings. The van der Waals surface area contributed by atoms with Crippen molar-refractivity contribution < 1.29 is 9.59 Å². The molecule has 22 heavy (non-hydrogen) atoms. The number of benzene rings is 1. The van der Waals surface area contributed by atoms with E-state index in [1.54, 1.807) is 35.6 Å². The molecule has 0 fully saturated rings. The molecule has 0 aliphatic heterocycles. The summed E-state index contributed by atoms with van der Waals surface area (Å²) in [6.07, 6.45) is 0. The minimum absolute atomic E-state index is 0.0591. The van der Waals surface area contributed by atoms with Gasteiger partial charge in [0.2, 0.25) is 5.91 Å². The zero-order valence-corrected chi connectivity index (χ0v) is 13.8. The van der Waals surface area contributed by atoms with E-state index in [0.717, 1.165) is 0 Å². The summed E-state index contributed by atoms with van der Waals surface area (Å²) in [7, 11) is 1.92. The van der Waals surface area contributed by atoms with Gasteiger partial charge in [0.05, 0.1) is 12.2 Å². The van der Waals surface area contributed by atoms with E-state index in [9.17, 15) is 9.59 Å². The van der Waals surface area contributed by atoms with Crippen molar-refractivity contribution in [1.82, 2.24) is 4.90 Å². The minimum Gasteiger partial charge on any atom is -0.324 e. The number of amides is 1. The Morgan fingerprint density at radius 3 is 2.59 bits per heavy atom. The van der Waals surface area contributed by atoms with E-state index in [4.69, 9.17) is 0 Å². The van der Waals surface area contributed by atoms with Gasteiger partial charge >= 0.3 is 0 Å². The highest BCUT2D eigenvalue weighted by molar-refractivity contribution is 7.10. The number of ketones is 1. The second-order valence-electron chi connectivity index (χ2n) is 5.26. The van der Waals surface area contributed by atoms with Gasteiger partial charge in [0.25, 0.3) is 0 Å². The van der Waals surface area contributed by atoms with Gasteiger partial charge in [-0.05, 0) is 44.5 Å². The molecule has 0 bridgehead atoms. The van der Waals surface area contributed by atoms with Crippen molar-refractivity contribution >= 4 is 28.7 Å². The number of likely N-dealkylation sites (N-methyl/N-ethyl adjacent to an activating group) is 1. The lowest BCUT2D eigenvalue weighted by molar-refractivity contribution is -0.117. The first-order valence-electron chi connectivity index (χ1n) is 7.12. The van der Waals surface area contributed by atoms with Gasteiger partial charge in [0.1, 0.15) is 0 Å². The van der Waals surface area contributed by atoms with E-state index in [-0.39, 0.29) is 24.3 Å². The smallest absolute Gasteiger partial charge is 0.238 e. The van der Waals surface area contributed by atoms with Crippen LogP contribution in [0.5, 0.6) is 0 Å². The zero-order chi connectivity index (χ0) is 16.1. The van der Waals surface area contributed by atoms with Crippen LogP contribution in [0.1, 0.15) is 35.1 Å². The highest BCUT2D eigenvalue weighted by Crippen LogP contribution is 2.23. The number of nitrogens with zero attached hydrogens (tertiary/aromatic N) is 1. The highest BCUT2D eigenvalue weighted by atomic mass is 32.1. The maximum Gasteiger partial charge on any atom is 0.238 e. The van der Waals surface area contributed by atoms with Gasteiger partial charge in [-0.25, -0.2) is 0 Å². The molecule has 2 aromatic rings. The van der Waals surface area contributed by atoms with Crippen molar-refractivity contribution in [2.75, 3.05) is 18.9 Å². The quantitative estimate of drug-likeness (QED) is 0.829. The van der Waals surface area contributed by atoms with Gasteiger partial charge in [-0.15, -0.1) is 11.3 Å². The molecule has 1 unspecified atom stereocenters. The van der Waals surface area contributed by atoms with Gasteiger partial charge < -0.3 is 5.32 Å². The molecule has 0 radical (unpaired) electrons. The van der Waals surface area contributed by atoms with Gasteiger partial charge in [0, 0.05) is 16.5 Å².